The van der Waals surface area contributed by atoms with Crippen LogP contribution in [-0.4, -0.2) is 48.6 Å². The molecule has 48 heavy (non-hydrogen) atoms. The molecule has 0 aliphatic heterocycles. The monoisotopic (exact) mass is 686 g/mol. The third kappa shape index (κ3) is 8.34. The minimum atomic E-state index is -3.96. The van der Waals surface area contributed by atoms with E-state index in [1.54, 1.807) is 39.8 Å². The van der Waals surface area contributed by atoms with Gasteiger partial charge in [0.1, 0.15) is 0 Å². The van der Waals surface area contributed by atoms with Crippen molar-refractivity contribution >= 4 is 55.1 Å². The van der Waals surface area contributed by atoms with Crippen LogP contribution < -0.4 is 20.1 Å². The molecule has 4 N–H and O–H groups in total. The van der Waals surface area contributed by atoms with Crippen LogP contribution in [0.25, 0.3) is 0 Å². The minimum Gasteiger partial charge on any atom is -0.322 e. The fourth-order valence-electron chi connectivity index (χ4n) is 4.52. The lowest BCUT2D eigenvalue weighted by Gasteiger charge is -2.10. The molecule has 0 saturated heterocycles. The number of sulfonamides is 2. The molecule has 0 saturated carbocycles. The molecule has 16 heteroatoms. The predicted molar refractivity (Wildman–Crippen MR) is 180 cm³/mol. The highest BCUT2D eigenvalue weighted by atomic mass is 32.2. The van der Waals surface area contributed by atoms with Gasteiger partial charge in [-0.3, -0.25) is 9.59 Å². The van der Waals surface area contributed by atoms with Crippen LogP contribution in [-0.2, 0) is 20.0 Å². The molecule has 2 heterocycles. The van der Waals surface area contributed by atoms with E-state index in [9.17, 15) is 26.4 Å². The van der Waals surface area contributed by atoms with Crippen LogP contribution in [0.15, 0.2) is 94.7 Å². The van der Waals surface area contributed by atoms with Crippen LogP contribution in [0.1, 0.15) is 43.5 Å². The molecule has 2 aromatic heterocycles. The molecular weight excluding hydrogens is 657 g/mol. The molecule has 0 atom stereocenters. The van der Waals surface area contributed by atoms with Crippen molar-refractivity contribution in [1.82, 2.24) is 19.9 Å². The quantitative estimate of drug-likeness (QED) is 0.161. The molecule has 0 aliphatic rings. The number of carbonyl (C=O) groups is 2. The number of hydrogen-bond donors (Lipinski definition) is 4. The summed E-state index contributed by atoms with van der Waals surface area (Å²) in [7, 11) is -7.93. The van der Waals surface area contributed by atoms with E-state index in [2.05, 4.69) is 40.0 Å². The summed E-state index contributed by atoms with van der Waals surface area (Å²) in [6, 6.07) is 20.4. The van der Waals surface area contributed by atoms with Gasteiger partial charge in [-0.15, -0.1) is 0 Å². The second-order valence-corrected chi connectivity index (χ2v) is 14.1. The van der Waals surface area contributed by atoms with Gasteiger partial charge in [0.15, 0.2) is 0 Å². The average Bonchev–Trinajstić information content (AvgIpc) is 3.00. The lowest BCUT2D eigenvalue weighted by atomic mass is 10.1. The van der Waals surface area contributed by atoms with Gasteiger partial charge in [0, 0.05) is 45.3 Å². The second-order valence-electron chi connectivity index (χ2n) is 10.7. The van der Waals surface area contributed by atoms with Crippen molar-refractivity contribution in [3.8, 4) is 0 Å². The fourth-order valence-corrected chi connectivity index (χ4v) is 6.40. The summed E-state index contributed by atoms with van der Waals surface area (Å²) in [5.74, 6) is -1.03. The summed E-state index contributed by atoms with van der Waals surface area (Å²) in [5.41, 5.74) is 3.68. The smallest absolute Gasteiger partial charge is 0.264 e. The summed E-state index contributed by atoms with van der Waals surface area (Å²) in [4.78, 5) is 41.9. The minimum absolute atomic E-state index is 0.0385. The second kappa shape index (κ2) is 13.5. The fraction of sp³-hybridized carbons (Fsp3) is 0.125. The summed E-state index contributed by atoms with van der Waals surface area (Å²) < 4.78 is 55.8. The number of benzene rings is 3. The molecule has 3 aromatic carbocycles. The van der Waals surface area contributed by atoms with Crippen LogP contribution in [0.4, 0.5) is 23.3 Å². The van der Waals surface area contributed by atoms with Crippen LogP contribution in [0, 0.1) is 27.7 Å². The number of nitrogens with zero attached hydrogens (tertiary/aromatic N) is 4. The van der Waals surface area contributed by atoms with Crippen molar-refractivity contribution in [2.75, 3.05) is 20.1 Å². The zero-order valence-corrected chi connectivity index (χ0v) is 27.8. The highest BCUT2D eigenvalue weighted by molar-refractivity contribution is 7.93. The van der Waals surface area contributed by atoms with E-state index < -0.39 is 31.9 Å². The van der Waals surface area contributed by atoms with Gasteiger partial charge in [-0.2, -0.15) is 0 Å². The standard InChI is InChI=1S/C32H30N8O6S2/c1-19-17-20(2)34-31(33-19)39-47(43,44)27-13-9-25(10-14-27)37-29(41)23-5-7-24(8-6-23)30(42)38-26-11-15-28(16-12-26)48(45,46)40-32-35-21(3)18-22(4)36-32/h5-18H,1-4H3,(H,37,41)(H,38,42)(H,33,34,39)(H,35,36,40). The van der Waals surface area contributed by atoms with E-state index in [4.69, 9.17) is 0 Å². The predicted octanol–water partition coefficient (Wildman–Crippen LogP) is 4.61. The number of anilines is 4. The van der Waals surface area contributed by atoms with E-state index in [1.807, 2.05) is 0 Å². The Labute approximate surface area is 277 Å². The summed E-state index contributed by atoms with van der Waals surface area (Å²) in [5, 5.41) is 5.37. The topological polar surface area (TPSA) is 202 Å². The molecule has 246 valence electrons. The number of aryl methyl sites for hydroxylation is 4. The average molecular weight is 687 g/mol. The van der Waals surface area contributed by atoms with Crippen LogP contribution in [0.3, 0.4) is 0 Å². The Morgan fingerprint density at radius 1 is 0.479 bits per heavy atom. The largest absolute Gasteiger partial charge is 0.322 e. The van der Waals surface area contributed by atoms with Gasteiger partial charge in [0.2, 0.25) is 11.9 Å². The number of amides is 2. The summed E-state index contributed by atoms with van der Waals surface area (Å²) in [6.07, 6.45) is 0. The van der Waals surface area contributed by atoms with Crippen molar-refractivity contribution < 1.29 is 26.4 Å². The molecule has 14 nitrogen and oxygen atoms in total. The summed E-state index contributed by atoms with van der Waals surface area (Å²) >= 11 is 0. The Balaban J connectivity index is 1.17. The van der Waals surface area contributed by atoms with Crippen molar-refractivity contribution in [2.45, 2.75) is 37.5 Å². The maximum atomic E-state index is 12.8. The van der Waals surface area contributed by atoms with Crippen LogP contribution in [0.2, 0.25) is 0 Å². The van der Waals surface area contributed by atoms with E-state index in [1.165, 1.54) is 72.8 Å². The highest BCUT2D eigenvalue weighted by Crippen LogP contribution is 2.20. The van der Waals surface area contributed by atoms with Crippen molar-refractivity contribution in [3.05, 3.63) is 119 Å². The van der Waals surface area contributed by atoms with Crippen molar-refractivity contribution in [3.63, 3.8) is 0 Å². The van der Waals surface area contributed by atoms with Gasteiger partial charge in [-0.1, -0.05) is 0 Å². The van der Waals surface area contributed by atoms with Crippen LogP contribution in [0.5, 0.6) is 0 Å². The summed E-state index contributed by atoms with van der Waals surface area (Å²) in [6.45, 7) is 6.92. The first-order valence-corrected chi connectivity index (χ1v) is 17.3. The molecule has 0 unspecified atom stereocenters. The maximum absolute atomic E-state index is 12.8. The third-order valence-corrected chi connectivity index (χ3v) is 9.36. The van der Waals surface area contributed by atoms with Crippen molar-refractivity contribution in [1.29, 1.82) is 0 Å². The number of carbonyl (C=O) groups excluding carboxylic acids is 2. The zero-order valence-electron chi connectivity index (χ0n) is 26.1. The van der Waals surface area contributed by atoms with E-state index in [0.717, 1.165) is 0 Å². The Bertz CT molecular complexity index is 2030. The van der Waals surface area contributed by atoms with Gasteiger partial charge < -0.3 is 10.6 Å². The van der Waals surface area contributed by atoms with E-state index in [0.29, 0.717) is 34.2 Å². The van der Waals surface area contributed by atoms with Gasteiger partial charge in [0.05, 0.1) is 9.79 Å². The van der Waals surface area contributed by atoms with E-state index in [-0.39, 0.29) is 32.8 Å². The lowest BCUT2D eigenvalue weighted by Crippen LogP contribution is -2.17. The highest BCUT2D eigenvalue weighted by Gasteiger charge is 2.18. The van der Waals surface area contributed by atoms with E-state index >= 15 is 0 Å². The first-order valence-electron chi connectivity index (χ1n) is 14.3. The number of nitrogens with one attached hydrogen (secondary N) is 4. The Morgan fingerprint density at radius 3 is 1.06 bits per heavy atom. The SMILES string of the molecule is Cc1cc(C)nc(NS(=O)(=O)c2ccc(NC(=O)c3ccc(C(=O)Nc4ccc(S(=O)(=O)Nc5nc(C)cc(C)n5)cc4)cc3)cc2)n1. The molecule has 5 rings (SSSR count). The molecule has 0 radical (unpaired) electrons. The Morgan fingerprint density at radius 2 is 0.771 bits per heavy atom. The molecule has 5 aromatic rings. The van der Waals surface area contributed by atoms with Gasteiger partial charge >= 0.3 is 0 Å². The van der Waals surface area contributed by atoms with Gasteiger partial charge in [0.25, 0.3) is 31.9 Å². The first kappa shape index (κ1) is 33.6. The number of hydrogen-bond acceptors (Lipinski definition) is 10. The van der Waals surface area contributed by atoms with Gasteiger partial charge in [-0.25, -0.2) is 46.2 Å². The third-order valence-electron chi connectivity index (χ3n) is 6.67. The van der Waals surface area contributed by atoms with Gasteiger partial charge in [-0.05, 0) is 113 Å². The zero-order chi connectivity index (χ0) is 34.6. The lowest BCUT2D eigenvalue weighted by molar-refractivity contribution is 0.101. The molecular formula is C32H30N8O6S2. The molecule has 2 amide bonds. The molecule has 0 aliphatic carbocycles. The normalized spacial score (nSPS) is 11.4. The number of aromatic nitrogens is 4. The molecule has 0 fully saturated rings. The van der Waals surface area contributed by atoms with Crippen molar-refractivity contribution in [2.24, 2.45) is 0 Å². The number of rotatable bonds is 10. The first-order chi connectivity index (χ1) is 22.7. The Kier molecular flexibility index (Phi) is 9.49. The maximum Gasteiger partial charge on any atom is 0.264 e. The van der Waals surface area contributed by atoms with Crippen LogP contribution >= 0.6 is 0 Å². The Hall–Kier alpha value is -5.74. The molecule has 0 spiro atoms. The molecule has 0 bridgehead atoms.